The van der Waals surface area contributed by atoms with Crippen LogP contribution in [-0.2, 0) is 16.1 Å². The van der Waals surface area contributed by atoms with Crippen molar-refractivity contribution in [1.29, 1.82) is 0 Å². The van der Waals surface area contributed by atoms with Gasteiger partial charge in [0, 0.05) is 58.4 Å². The smallest absolute Gasteiger partial charge is 0.239 e. The number of hydrogen-bond acceptors (Lipinski definition) is 4. The van der Waals surface area contributed by atoms with Crippen molar-refractivity contribution in [2.24, 2.45) is 4.99 Å². The molecule has 2 N–H and O–H groups in total. The molecule has 2 aliphatic heterocycles. The molecule has 152 valence electrons. The Labute approximate surface area is 166 Å². The maximum absolute atomic E-state index is 11.6. The molecule has 8 nitrogen and oxygen atoms in total. The van der Waals surface area contributed by atoms with Crippen molar-refractivity contribution >= 4 is 23.5 Å². The molecule has 1 aromatic rings. The van der Waals surface area contributed by atoms with E-state index in [1.807, 2.05) is 4.90 Å². The topological polar surface area (TPSA) is 80.3 Å². The number of rotatable bonds is 4. The Morgan fingerprint density at radius 3 is 2.39 bits per heavy atom. The van der Waals surface area contributed by atoms with Gasteiger partial charge in [-0.05, 0) is 24.6 Å². The summed E-state index contributed by atoms with van der Waals surface area (Å²) >= 11 is 0. The van der Waals surface area contributed by atoms with Crippen molar-refractivity contribution < 1.29 is 9.59 Å². The van der Waals surface area contributed by atoms with E-state index in [0.717, 1.165) is 56.5 Å². The van der Waals surface area contributed by atoms with Crippen LogP contribution >= 0.6 is 0 Å². The Morgan fingerprint density at radius 1 is 1.11 bits per heavy atom. The van der Waals surface area contributed by atoms with Crippen molar-refractivity contribution in [3.05, 3.63) is 29.8 Å². The van der Waals surface area contributed by atoms with Crippen LogP contribution in [-0.4, -0.2) is 79.9 Å². The molecule has 0 bridgehead atoms. The van der Waals surface area contributed by atoms with E-state index in [1.54, 1.807) is 6.92 Å². The minimum absolute atomic E-state index is 0.0695. The average molecular weight is 387 g/mol. The predicted molar refractivity (Wildman–Crippen MR) is 110 cm³/mol. The molecule has 2 saturated heterocycles. The summed E-state index contributed by atoms with van der Waals surface area (Å²) in [5.74, 6) is 1.09. The van der Waals surface area contributed by atoms with Crippen LogP contribution < -0.4 is 15.5 Å². The Morgan fingerprint density at radius 2 is 1.79 bits per heavy atom. The normalized spacial score (nSPS) is 18.1. The standard InChI is InChI=1S/C20H30N6O2/c1-3-21-20(25-12-10-24(11-13-25)16(2)27)23-14-17-4-6-18(7-5-17)26-9-8-22-19(28)15-26/h4-7H,3,8-15H2,1-2H3,(H,21,23)(H,22,28). The fraction of sp³-hybridized carbons (Fsp3) is 0.550. The zero-order valence-corrected chi connectivity index (χ0v) is 16.8. The van der Waals surface area contributed by atoms with E-state index in [1.165, 1.54) is 0 Å². The molecule has 0 aliphatic carbocycles. The summed E-state index contributed by atoms with van der Waals surface area (Å²) in [5, 5.41) is 6.20. The second kappa shape index (κ2) is 9.43. The molecule has 0 radical (unpaired) electrons. The number of nitrogens with one attached hydrogen (secondary N) is 2. The highest BCUT2D eigenvalue weighted by Crippen LogP contribution is 2.16. The fourth-order valence-electron chi connectivity index (χ4n) is 3.50. The number of piperazine rings is 2. The van der Waals surface area contributed by atoms with Gasteiger partial charge in [-0.1, -0.05) is 12.1 Å². The van der Waals surface area contributed by atoms with E-state index in [9.17, 15) is 9.59 Å². The molecule has 8 heteroatoms. The highest BCUT2D eigenvalue weighted by atomic mass is 16.2. The maximum atomic E-state index is 11.6. The molecule has 0 saturated carbocycles. The van der Waals surface area contributed by atoms with Crippen molar-refractivity contribution in [1.82, 2.24) is 20.4 Å². The number of amides is 2. The SMILES string of the molecule is CCNC(=NCc1ccc(N2CCNC(=O)C2)cc1)N1CCN(C(C)=O)CC1. The third-order valence-corrected chi connectivity index (χ3v) is 5.11. The first-order chi connectivity index (χ1) is 13.6. The summed E-state index contributed by atoms with van der Waals surface area (Å²) in [5.41, 5.74) is 2.19. The Bertz CT molecular complexity index is 710. The number of anilines is 1. The third kappa shape index (κ3) is 5.15. The van der Waals surface area contributed by atoms with Crippen LogP contribution in [0.25, 0.3) is 0 Å². The average Bonchev–Trinajstić information content (AvgIpc) is 2.71. The minimum atomic E-state index is 0.0695. The van der Waals surface area contributed by atoms with Crippen LogP contribution in [0, 0.1) is 0 Å². The Balaban J connectivity index is 1.60. The first-order valence-corrected chi connectivity index (χ1v) is 9.96. The molecule has 0 aromatic heterocycles. The number of carbonyl (C=O) groups is 2. The molecule has 0 unspecified atom stereocenters. The number of aliphatic imine (C=N–C) groups is 1. The minimum Gasteiger partial charge on any atom is -0.360 e. The molecular weight excluding hydrogens is 356 g/mol. The lowest BCUT2D eigenvalue weighted by Gasteiger charge is -2.36. The summed E-state index contributed by atoms with van der Waals surface area (Å²) in [6.07, 6.45) is 0. The molecule has 1 aromatic carbocycles. The molecule has 3 rings (SSSR count). The van der Waals surface area contributed by atoms with E-state index in [-0.39, 0.29) is 11.8 Å². The summed E-state index contributed by atoms with van der Waals surface area (Å²) in [7, 11) is 0. The van der Waals surface area contributed by atoms with Crippen molar-refractivity contribution in [3.63, 3.8) is 0 Å². The third-order valence-electron chi connectivity index (χ3n) is 5.11. The molecular formula is C20H30N6O2. The quantitative estimate of drug-likeness (QED) is 0.573. The van der Waals surface area contributed by atoms with Gasteiger partial charge >= 0.3 is 0 Å². The van der Waals surface area contributed by atoms with E-state index < -0.39 is 0 Å². The second-order valence-corrected chi connectivity index (χ2v) is 7.10. The van der Waals surface area contributed by atoms with Crippen LogP contribution in [0.4, 0.5) is 5.69 Å². The summed E-state index contributed by atoms with van der Waals surface area (Å²) in [6, 6.07) is 8.26. The Hall–Kier alpha value is -2.77. The van der Waals surface area contributed by atoms with E-state index in [4.69, 9.17) is 4.99 Å². The first-order valence-electron chi connectivity index (χ1n) is 9.96. The van der Waals surface area contributed by atoms with Gasteiger partial charge in [-0.15, -0.1) is 0 Å². The van der Waals surface area contributed by atoms with Gasteiger partial charge in [0.15, 0.2) is 5.96 Å². The highest BCUT2D eigenvalue weighted by Gasteiger charge is 2.21. The monoisotopic (exact) mass is 386 g/mol. The molecule has 28 heavy (non-hydrogen) atoms. The van der Waals surface area contributed by atoms with Gasteiger partial charge in [0.2, 0.25) is 11.8 Å². The number of benzene rings is 1. The van der Waals surface area contributed by atoms with Gasteiger partial charge in [0.1, 0.15) is 0 Å². The lowest BCUT2D eigenvalue weighted by atomic mass is 10.2. The first kappa shape index (κ1) is 20.0. The van der Waals surface area contributed by atoms with Crippen LogP contribution in [0.1, 0.15) is 19.4 Å². The van der Waals surface area contributed by atoms with Crippen molar-refractivity contribution in [2.75, 3.05) is 57.3 Å². The number of hydrogen-bond donors (Lipinski definition) is 2. The molecule has 0 spiro atoms. The maximum Gasteiger partial charge on any atom is 0.239 e. The van der Waals surface area contributed by atoms with Crippen LogP contribution in [0.15, 0.2) is 29.3 Å². The number of nitrogens with zero attached hydrogens (tertiary/aromatic N) is 4. The highest BCUT2D eigenvalue weighted by molar-refractivity contribution is 5.82. The van der Waals surface area contributed by atoms with Crippen LogP contribution in [0.2, 0.25) is 0 Å². The van der Waals surface area contributed by atoms with Crippen molar-refractivity contribution in [3.8, 4) is 0 Å². The summed E-state index contributed by atoms with van der Waals surface area (Å²) in [6.45, 7) is 10.1. The largest absolute Gasteiger partial charge is 0.360 e. The van der Waals surface area contributed by atoms with Gasteiger partial charge < -0.3 is 25.3 Å². The predicted octanol–water partition coefficient (Wildman–Crippen LogP) is 0.252. The molecule has 2 fully saturated rings. The van der Waals surface area contributed by atoms with Gasteiger partial charge in [0.25, 0.3) is 0 Å². The lowest BCUT2D eigenvalue weighted by molar-refractivity contribution is -0.130. The van der Waals surface area contributed by atoms with E-state index in [2.05, 4.69) is 51.6 Å². The Kier molecular flexibility index (Phi) is 6.73. The number of carbonyl (C=O) groups excluding carboxylic acids is 2. The van der Waals surface area contributed by atoms with E-state index in [0.29, 0.717) is 19.6 Å². The summed E-state index contributed by atoms with van der Waals surface area (Å²) in [4.78, 5) is 34.0. The molecule has 2 aliphatic rings. The summed E-state index contributed by atoms with van der Waals surface area (Å²) < 4.78 is 0. The fourth-order valence-corrected chi connectivity index (χ4v) is 3.50. The van der Waals surface area contributed by atoms with Gasteiger partial charge in [-0.25, -0.2) is 4.99 Å². The van der Waals surface area contributed by atoms with Crippen LogP contribution in [0.3, 0.4) is 0 Å². The van der Waals surface area contributed by atoms with Crippen LogP contribution in [0.5, 0.6) is 0 Å². The number of guanidine groups is 1. The molecule has 0 atom stereocenters. The van der Waals surface area contributed by atoms with Gasteiger partial charge in [-0.2, -0.15) is 0 Å². The van der Waals surface area contributed by atoms with Crippen molar-refractivity contribution in [2.45, 2.75) is 20.4 Å². The molecule has 2 heterocycles. The zero-order chi connectivity index (χ0) is 19.9. The molecule has 2 amide bonds. The van der Waals surface area contributed by atoms with Gasteiger partial charge in [-0.3, -0.25) is 9.59 Å². The van der Waals surface area contributed by atoms with Gasteiger partial charge in [0.05, 0.1) is 13.1 Å². The zero-order valence-electron chi connectivity index (χ0n) is 16.8. The van der Waals surface area contributed by atoms with E-state index >= 15 is 0 Å². The lowest BCUT2D eigenvalue weighted by Crippen LogP contribution is -2.53. The second-order valence-electron chi connectivity index (χ2n) is 7.10.